The Hall–Kier alpha value is -1.72. The average Bonchev–Trinajstić information content (AvgIpc) is 3.03. The minimum atomic E-state index is -0.738. The fraction of sp³-hybridized carbons (Fsp3) is 0. The quantitative estimate of drug-likeness (QED) is 0.0723. The van der Waals surface area contributed by atoms with E-state index in [-0.39, 0.29) is 0 Å². The zero-order valence-corrected chi connectivity index (χ0v) is 30.6. The number of thiol groups is 6. The second kappa shape index (κ2) is 16.2. The Morgan fingerprint density at radius 2 is 0.364 bits per heavy atom. The highest BCUT2D eigenvalue weighted by Crippen LogP contribution is 2.40. The smallest absolute Gasteiger partial charge is 0.0124 e. The zero-order valence-electron chi connectivity index (χ0n) is 23.4. The molecule has 44 heavy (non-hydrogen) atoms. The minimum Gasteiger partial charge on any atom is -0.143 e. The van der Waals surface area contributed by atoms with Crippen molar-refractivity contribution in [3.8, 4) is 0 Å². The Bertz CT molecular complexity index is 1520. The SMILES string of the molecule is Sc1ccccc1P(c1ccccc1S)c1ccccc1S.Sc1ccccc1P(c1ccccc1S)c1ccccc1S. The van der Waals surface area contributed by atoms with Gasteiger partial charge in [0.25, 0.3) is 0 Å². The van der Waals surface area contributed by atoms with Crippen LogP contribution in [-0.2, 0) is 0 Å². The normalized spacial score (nSPS) is 10.9. The van der Waals surface area contributed by atoms with Gasteiger partial charge in [-0.25, -0.2) is 0 Å². The van der Waals surface area contributed by atoms with Crippen LogP contribution in [-0.4, -0.2) is 0 Å². The third-order valence-corrected chi connectivity index (χ3v) is 15.4. The molecule has 0 radical (unpaired) electrons. The van der Waals surface area contributed by atoms with Crippen LogP contribution in [0.2, 0.25) is 0 Å². The molecule has 0 saturated heterocycles. The first-order valence-electron chi connectivity index (χ1n) is 13.6. The number of hydrogen-bond acceptors (Lipinski definition) is 6. The summed E-state index contributed by atoms with van der Waals surface area (Å²) in [4.78, 5) is 6.01. The molecule has 6 rings (SSSR count). The van der Waals surface area contributed by atoms with Crippen molar-refractivity contribution in [2.75, 3.05) is 0 Å². The van der Waals surface area contributed by atoms with Crippen molar-refractivity contribution in [2.24, 2.45) is 0 Å². The van der Waals surface area contributed by atoms with Crippen molar-refractivity contribution >= 4 is 123 Å². The second-order valence-electron chi connectivity index (χ2n) is 9.60. The molecular weight excluding hydrogens is 687 g/mol. The van der Waals surface area contributed by atoms with E-state index in [9.17, 15) is 0 Å². The Morgan fingerprint density at radius 1 is 0.227 bits per heavy atom. The molecule has 0 unspecified atom stereocenters. The van der Waals surface area contributed by atoms with Crippen LogP contribution < -0.4 is 31.8 Å². The van der Waals surface area contributed by atoms with Gasteiger partial charge >= 0.3 is 0 Å². The van der Waals surface area contributed by atoms with Gasteiger partial charge in [0, 0.05) is 29.4 Å². The summed E-state index contributed by atoms with van der Waals surface area (Å²) in [5, 5.41) is 7.35. The van der Waals surface area contributed by atoms with Crippen molar-refractivity contribution in [1.82, 2.24) is 0 Å². The van der Waals surface area contributed by atoms with Crippen LogP contribution in [0.25, 0.3) is 0 Å². The average molecular weight is 717 g/mol. The first-order chi connectivity index (χ1) is 21.4. The lowest BCUT2D eigenvalue weighted by molar-refractivity contribution is 1.50. The Balaban J connectivity index is 0.000000175. The lowest BCUT2D eigenvalue weighted by Gasteiger charge is -2.23. The summed E-state index contributed by atoms with van der Waals surface area (Å²) >= 11 is 28.0. The summed E-state index contributed by atoms with van der Waals surface area (Å²) in [6, 6.07) is 49.6. The highest BCUT2D eigenvalue weighted by molar-refractivity contribution is 7.88. The van der Waals surface area contributed by atoms with E-state index in [1.165, 1.54) is 31.8 Å². The molecule has 0 saturated carbocycles. The van der Waals surface area contributed by atoms with Crippen LogP contribution in [0.1, 0.15) is 0 Å². The maximum Gasteiger partial charge on any atom is 0.0124 e. The third-order valence-electron chi connectivity index (χ3n) is 6.74. The van der Waals surface area contributed by atoms with Crippen LogP contribution in [0.4, 0.5) is 0 Å². The fourth-order valence-electron chi connectivity index (χ4n) is 4.70. The predicted octanol–water partition coefficient (Wildman–Crippen LogP) is 8.62. The zero-order chi connectivity index (χ0) is 31.1. The largest absolute Gasteiger partial charge is 0.143 e. The predicted molar refractivity (Wildman–Crippen MR) is 214 cm³/mol. The van der Waals surface area contributed by atoms with E-state index in [4.69, 9.17) is 0 Å². The molecule has 0 bridgehead atoms. The topological polar surface area (TPSA) is 0 Å². The van der Waals surface area contributed by atoms with Crippen LogP contribution in [0.15, 0.2) is 175 Å². The lowest BCUT2D eigenvalue weighted by Crippen LogP contribution is -2.23. The molecule has 0 fully saturated rings. The van der Waals surface area contributed by atoms with Gasteiger partial charge in [0.15, 0.2) is 0 Å². The van der Waals surface area contributed by atoms with Gasteiger partial charge in [0.1, 0.15) is 0 Å². The van der Waals surface area contributed by atoms with Crippen LogP contribution in [0, 0.1) is 0 Å². The molecule has 0 aliphatic carbocycles. The third kappa shape index (κ3) is 7.97. The van der Waals surface area contributed by atoms with Gasteiger partial charge < -0.3 is 0 Å². The van der Waals surface area contributed by atoms with Gasteiger partial charge in [0.05, 0.1) is 0 Å². The number of rotatable bonds is 6. The molecule has 6 aromatic carbocycles. The van der Waals surface area contributed by atoms with Crippen molar-refractivity contribution < 1.29 is 0 Å². The molecular formula is C36H30P2S6. The van der Waals surface area contributed by atoms with Gasteiger partial charge in [-0.05, 0) is 84.1 Å². The first kappa shape index (κ1) is 33.6. The van der Waals surface area contributed by atoms with Gasteiger partial charge in [-0.2, -0.15) is 0 Å². The highest BCUT2D eigenvalue weighted by atomic mass is 32.1. The van der Waals surface area contributed by atoms with E-state index in [0.29, 0.717) is 0 Å². The molecule has 0 aromatic heterocycles. The van der Waals surface area contributed by atoms with Crippen molar-refractivity contribution in [2.45, 2.75) is 29.4 Å². The molecule has 0 N–H and O–H groups in total. The summed E-state index contributed by atoms with van der Waals surface area (Å²) in [7, 11) is -1.48. The van der Waals surface area contributed by atoms with E-state index in [2.05, 4.69) is 149 Å². The van der Waals surface area contributed by atoms with Gasteiger partial charge in [-0.15, -0.1) is 75.8 Å². The summed E-state index contributed by atoms with van der Waals surface area (Å²) in [5.74, 6) is 0. The molecule has 8 heteroatoms. The summed E-state index contributed by atoms with van der Waals surface area (Å²) < 4.78 is 0. The second-order valence-corrected chi connectivity index (χ2v) is 16.7. The van der Waals surface area contributed by atoms with E-state index in [0.717, 1.165) is 29.4 Å². The summed E-state index contributed by atoms with van der Waals surface area (Å²) in [6.45, 7) is 0. The van der Waals surface area contributed by atoms with E-state index >= 15 is 0 Å². The summed E-state index contributed by atoms with van der Waals surface area (Å²) in [5.41, 5.74) is 0. The van der Waals surface area contributed by atoms with Gasteiger partial charge in [0.2, 0.25) is 0 Å². The molecule has 0 heterocycles. The molecule has 220 valence electrons. The molecule has 0 amide bonds. The van der Waals surface area contributed by atoms with Crippen molar-refractivity contribution in [3.63, 3.8) is 0 Å². The number of benzene rings is 6. The minimum absolute atomic E-state index is 0.738. The van der Waals surface area contributed by atoms with E-state index < -0.39 is 15.8 Å². The lowest BCUT2D eigenvalue weighted by atomic mass is 10.3. The monoisotopic (exact) mass is 716 g/mol. The van der Waals surface area contributed by atoms with Crippen LogP contribution >= 0.6 is 91.6 Å². The number of hydrogen-bond donors (Lipinski definition) is 6. The Morgan fingerprint density at radius 3 is 0.500 bits per heavy atom. The maximum absolute atomic E-state index is 4.67. The maximum atomic E-state index is 4.67. The fourth-order valence-corrected chi connectivity index (χ4v) is 12.3. The van der Waals surface area contributed by atoms with Crippen molar-refractivity contribution in [1.29, 1.82) is 0 Å². The highest BCUT2D eigenvalue weighted by Gasteiger charge is 2.23. The van der Waals surface area contributed by atoms with Gasteiger partial charge in [-0.3, -0.25) is 0 Å². The Labute approximate surface area is 296 Å². The van der Waals surface area contributed by atoms with Gasteiger partial charge in [-0.1, -0.05) is 109 Å². The van der Waals surface area contributed by atoms with E-state index in [1.807, 2.05) is 72.8 Å². The molecule has 0 aliphatic rings. The van der Waals surface area contributed by atoms with Crippen LogP contribution in [0.5, 0.6) is 0 Å². The molecule has 0 spiro atoms. The van der Waals surface area contributed by atoms with Crippen LogP contribution in [0.3, 0.4) is 0 Å². The van der Waals surface area contributed by atoms with E-state index in [1.54, 1.807) is 0 Å². The molecule has 6 aromatic rings. The standard InChI is InChI=1S/2C18H15PS3/c2*20-16-10-4-1-7-13(16)19(14-8-2-5-11-17(14)21)15-9-3-6-12-18(15)22/h2*1-12,20-22H. The summed E-state index contributed by atoms with van der Waals surface area (Å²) in [6.07, 6.45) is 0. The Kier molecular flexibility index (Phi) is 12.4. The molecule has 0 aliphatic heterocycles. The van der Waals surface area contributed by atoms with Crippen molar-refractivity contribution in [3.05, 3.63) is 146 Å². The molecule has 0 nitrogen and oxygen atoms in total. The molecule has 0 atom stereocenters. The first-order valence-corrected chi connectivity index (χ1v) is 19.0.